The van der Waals surface area contributed by atoms with Crippen LogP contribution in [0.1, 0.15) is 24.9 Å². The van der Waals surface area contributed by atoms with E-state index in [0.717, 1.165) is 5.56 Å². The van der Waals surface area contributed by atoms with E-state index in [9.17, 15) is 9.59 Å². The number of aliphatic hydroxyl groups is 1. The van der Waals surface area contributed by atoms with Crippen LogP contribution in [-0.2, 0) is 4.79 Å². The number of carbonyl (C=O) groups excluding carboxylic acids is 1. The molecule has 6 nitrogen and oxygen atoms in total. The van der Waals surface area contributed by atoms with Crippen LogP contribution in [0.5, 0.6) is 0 Å². The summed E-state index contributed by atoms with van der Waals surface area (Å²) in [6.07, 6.45) is 0.675. The molecular weight excluding hydrogens is 248 g/mol. The molecule has 0 radical (unpaired) electrons. The van der Waals surface area contributed by atoms with E-state index >= 15 is 0 Å². The van der Waals surface area contributed by atoms with E-state index < -0.39 is 24.6 Å². The van der Waals surface area contributed by atoms with Gasteiger partial charge in [-0.2, -0.15) is 0 Å². The molecule has 2 atom stereocenters. The molecular formula is C13H18N2O4. The Morgan fingerprint density at radius 3 is 2.32 bits per heavy atom. The molecule has 0 spiro atoms. The first-order valence-electron chi connectivity index (χ1n) is 6.04. The van der Waals surface area contributed by atoms with E-state index in [4.69, 9.17) is 10.2 Å². The van der Waals surface area contributed by atoms with Crippen LogP contribution in [0, 0.1) is 0 Å². The minimum absolute atomic E-state index is 0.200. The van der Waals surface area contributed by atoms with E-state index in [0.29, 0.717) is 6.42 Å². The van der Waals surface area contributed by atoms with E-state index in [1.54, 1.807) is 0 Å². The van der Waals surface area contributed by atoms with Gasteiger partial charge in [-0.15, -0.1) is 0 Å². The van der Waals surface area contributed by atoms with Crippen molar-refractivity contribution in [2.24, 2.45) is 0 Å². The van der Waals surface area contributed by atoms with Crippen LogP contribution in [0.3, 0.4) is 0 Å². The van der Waals surface area contributed by atoms with Crippen LogP contribution in [0.25, 0.3) is 0 Å². The standard InChI is InChI=1S/C13H18N2O4/c1-2-10(9-6-4-3-5-7-9)14-13(19)15-11(8-16)12(17)18/h3-7,10-11,16H,2,8H2,1H3,(H,17,18)(H2,14,15,19)/t10?,11-/m1/s1. The summed E-state index contributed by atoms with van der Waals surface area (Å²) < 4.78 is 0. The zero-order chi connectivity index (χ0) is 14.3. The van der Waals surface area contributed by atoms with Gasteiger partial charge in [0.05, 0.1) is 12.6 Å². The Kier molecular flexibility index (Phi) is 5.81. The highest BCUT2D eigenvalue weighted by atomic mass is 16.4. The Morgan fingerprint density at radius 2 is 1.84 bits per heavy atom. The third-order valence-corrected chi connectivity index (χ3v) is 2.70. The summed E-state index contributed by atoms with van der Waals surface area (Å²) in [4.78, 5) is 22.4. The number of hydrogen-bond acceptors (Lipinski definition) is 3. The second-order valence-electron chi connectivity index (χ2n) is 4.06. The molecule has 0 saturated carbocycles. The summed E-state index contributed by atoms with van der Waals surface area (Å²) in [5.41, 5.74) is 0.941. The fourth-order valence-corrected chi connectivity index (χ4v) is 1.65. The predicted octanol–water partition coefficient (Wildman–Crippen LogP) is 0.882. The number of aliphatic carboxylic acids is 1. The van der Waals surface area contributed by atoms with Gasteiger partial charge in [0.2, 0.25) is 0 Å². The molecule has 6 heteroatoms. The summed E-state index contributed by atoms with van der Waals surface area (Å²) in [6, 6.07) is 7.27. The molecule has 4 N–H and O–H groups in total. The average molecular weight is 266 g/mol. The molecule has 1 rings (SSSR count). The fourth-order valence-electron chi connectivity index (χ4n) is 1.65. The number of carboxylic acid groups (broad SMARTS) is 1. The highest BCUT2D eigenvalue weighted by Gasteiger charge is 2.20. The molecule has 0 saturated heterocycles. The lowest BCUT2D eigenvalue weighted by Gasteiger charge is -2.19. The van der Waals surface area contributed by atoms with Crippen molar-refractivity contribution >= 4 is 12.0 Å². The molecule has 0 fully saturated rings. The molecule has 0 aliphatic carbocycles. The molecule has 1 aromatic rings. The number of benzene rings is 1. The molecule has 0 heterocycles. The minimum atomic E-state index is -1.30. The molecule has 0 bridgehead atoms. The van der Waals surface area contributed by atoms with Crippen molar-refractivity contribution in [3.05, 3.63) is 35.9 Å². The molecule has 1 unspecified atom stereocenters. The smallest absolute Gasteiger partial charge is 0.328 e. The molecule has 0 aliphatic rings. The van der Waals surface area contributed by atoms with Crippen molar-refractivity contribution in [1.29, 1.82) is 0 Å². The molecule has 1 aromatic carbocycles. The van der Waals surface area contributed by atoms with E-state index in [-0.39, 0.29) is 6.04 Å². The molecule has 2 amide bonds. The van der Waals surface area contributed by atoms with Gasteiger partial charge in [-0.25, -0.2) is 9.59 Å². The van der Waals surface area contributed by atoms with Gasteiger partial charge in [-0.05, 0) is 12.0 Å². The Bertz CT molecular complexity index is 422. The van der Waals surface area contributed by atoms with Gasteiger partial charge in [0.25, 0.3) is 0 Å². The first-order chi connectivity index (χ1) is 9.08. The largest absolute Gasteiger partial charge is 0.480 e. The zero-order valence-electron chi connectivity index (χ0n) is 10.7. The van der Waals surface area contributed by atoms with E-state index in [1.807, 2.05) is 37.3 Å². The van der Waals surface area contributed by atoms with Crippen LogP contribution in [0.2, 0.25) is 0 Å². The summed E-state index contributed by atoms with van der Waals surface area (Å²) in [7, 11) is 0. The van der Waals surface area contributed by atoms with Gasteiger partial charge >= 0.3 is 12.0 Å². The van der Waals surface area contributed by atoms with Crippen molar-refractivity contribution in [1.82, 2.24) is 10.6 Å². The summed E-state index contributed by atoms with van der Waals surface area (Å²) >= 11 is 0. The Morgan fingerprint density at radius 1 is 1.21 bits per heavy atom. The van der Waals surface area contributed by atoms with Gasteiger partial charge in [0.15, 0.2) is 6.04 Å². The van der Waals surface area contributed by atoms with E-state index in [2.05, 4.69) is 10.6 Å². The average Bonchev–Trinajstić information content (AvgIpc) is 2.42. The highest BCUT2D eigenvalue weighted by molar-refractivity contribution is 5.82. The maximum Gasteiger partial charge on any atom is 0.328 e. The number of rotatable bonds is 6. The van der Waals surface area contributed by atoms with Crippen LogP contribution >= 0.6 is 0 Å². The number of carbonyl (C=O) groups is 2. The monoisotopic (exact) mass is 266 g/mol. The number of hydrogen-bond donors (Lipinski definition) is 4. The third-order valence-electron chi connectivity index (χ3n) is 2.70. The number of carboxylic acids is 1. The van der Waals surface area contributed by atoms with Gasteiger partial charge in [0, 0.05) is 0 Å². The number of aliphatic hydroxyl groups excluding tert-OH is 1. The van der Waals surface area contributed by atoms with Crippen LogP contribution in [0.15, 0.2) is 30.3 Å². The van der Waals surface area contributed by atoms with Crippen molar-refractivity contribution < 1.29 is 19.8 Å². The molecule has 0 aromatic heterocycles. The number of amides is 2. The molecule has 104 valence electrons. The quantitative estimate of drug-likeness (QED) is 0.614. The topological polar surface area (TPSA) is 98.7 Å². The van der Waals surface area contributed by atoms with Crippen molar-refractivity contribution in [3.8, 4) is 0 Å². The van der Waals surface area contributed by atoms with Crippen LogP contribution < -0.4 is 10.6 Å². The Labute approximate surface area is 111 Å². The van der Waals surface area contributed by atoms with Gasteiger partial charge in [0.1, 0.15) is 0 Å². The minimum Gasteiger partial charge on any atom is -0.480 e. The normalized spacial score (nSPS) is 13.4. The lowest BCUT2D eigenvalue weighted by atomic mass is 10.1. The van der Waals surface area contributed by atoms with E-state index in [1.165, 1.54) is 0 Å². The Balaban J connectivity index is 2.61. The first kappa shape index (κ1) is 15.0. The van der Waals surface area contributed by atoms with Crippen molar-refractivity contribution in [2.75, 3.05) is 6.61 Å². The summed E-state index contributed by atoms with van der Waals surface area (Å²) in [6.45, 7) is 1.27. The second kappa shape index (κ2) is 7.38. The molecule has 0 aliphatic heterocycles. The lowest BCUT2D eigenvalue weighted by Crippen LogP contribution is -2.48. The zero-order valence-corrected chi connectivity index (χ0v) is 10.7. The van der Waals surface area contributed by atoms with Crippen molar-refractivity contribution in [3.63, 3.8) is 0 Å². The Hall–Kier alpha value is -2.08. The maximum atomic E-state index is 11.7. The molecule has 19 heavy (non-hydrogen) atoms. The third kappa shape index (κ3) is 4.59. The van der Waals surface area contributed by atoms with Gasteiger partial charge < -0.3 is 20.8 Å². The first-order valence-corrected chi connectivity index (χ1v) is 6.04. The highest BCUT2D eigenvalue weighted by Crippen LogP contribution is 2.15. The number of urea groups is 1. The van der Waals surface area contributed by atoms with Crippen molar-refractivity contribution in [2.45, 2.75) is 25.4 Å². The summed E-state index contributed by atoms with van der Waals surface area (Å²) in [5, 5.41) is 22.4. The van der Waals surface area contributed by atoms with Crippen LogP contribution in [-0.4, -0.2) is 34.9 Å². The summed E-state index contributed by atoms with van der Waals surface area (Å²) in [5.74, 6) is -1.27. The maximum absolute atomic E-state index is 11.7. The SMILES string of the molecule is CCC(NC(=O)N[C@H](CO)C(=O)O)c1ccccc1. The lowest BCUT2D eigenvalue weighted by molar-refractivity contribution is -0.140. The fraction of sp³-hybridized carbons (Fsp3) is 0.385. The van der Waals surface area contributed by atoms with Gasteiger partial charge in [-0.1, -0.05) is 37.3 Å². The van der Waals surface area contributed by atoms with Crippen LogP contribution in [0.4, 0.5) is 4.79 Å². The van der Waals surface area contributed by atoms with Gasteiger partial charge in [-0.3, -0.25) is 0 Å². The predicted molar refractivity (Wildman–Crippen MR) is 69.7 cm³/mol. The second-order valence-corrected chi connectivity index (χ2v) is 4.06. The number of nitrogens with one attached hydrogen (secondary N) is 2.